The molecule has 0 atom stereocenters. The van der Waals surface area contributed by atoms with Gasteiger partial charge in [0, 0.05) is 27.9 Å². The topological polar surface area (TPSA) is 12.5 Å². The summed E-state index contributed by atoms with van der Waals surface area (Å²) in [6, 6.07) is 75.9. The molecule has 0 saturated heterocycles. The SMILES string of the molecule is c1ccc(-c2ccc(-c3ccc(N(c4cccc(-c5cc6c7c(cccc7c5)Oc5ccccc5-6)c4)c4ccccc4-c4ccccc4)cc3)cc2)cc1. The molecule has 0 amide bonds. The van der Waals surface area contributed by atoms with E-state index in [0.717, 1.165) is 45.1 Å². The first-order valence-corrected chi connectivity index (χ1v) is 18.4. The summed E-state index contributed by atoms with van der Waals surface area (Å²) >= 11 is 0. The second-order valence-electron chi connectivity index (χ2n) is 13.7. The van der Waals surface area contributed by atoms with Crippen molar-refractivity contribution in [3.8, 4) is 67.1 Å². The standard InChI is InChI=1S/C52H35NO/c1-3-13-36(14-4-1)37-25-27-38(28-26-37)39-29-31-44(32-30-39)53(49-22-9-7-20-46(49)40-15-5-2-6-16-40)45-19-11-17-41(34-45)43-33-42-18-12-24-51-52(42)48(35-43)47-21-8-10-23-50(47)54-51/h1-35H. The van der Waals surface area contributed by atoms with Crippen LogP contribution in [-0.4, -0.2) is 0 Å². The van der Waals surface area contributed by atoms with Gasteiger partial charge in [0.25, 0.3) is 0 Å². The van der Waals surface area contributed by atoms with E-state index in [4.69, 9.17) is 4.74 Å². The quantitative estimate of drug-likeness (QED) is 0.165. The molecule has 0 unspecified atom stereocenters. The molecule has 9 aromatic rings. The first-order valence-electron chi connectivity index (χ1n) is 18.4. The Kier molecular flexibility index (Phi) is 7.85. The summed E-state index contributed by atoms with van der Waals surface area (Å²) < 4.78 is 6.34. The molecule has 54 heavy (non-hydrogen) atoms. The molecule has 254 valence electrons. The van der Waals surface area contributed by atoms with Gasteiger partial charge in [-0.1, -0.05) is 158 Å². The normalized spacial score (nSPS) is 11.5. The maximum absolute atomic E-state index is 6.34. The Morgan fingerprint density at radius 2 is 0.852 bits per heavy atom. The molecule has 0 aromatic heterocycles. The molecular formula is C52H35NO. The van der Waals surface area contributed by atoms with Crippen molar-refractivity contribution in [2.75, 3.05) is 4.90 Å². The zero-order valence-electron chi connectivity index (χ0n) is 29.6. The highest BCUT2D eigenvalue weighted by molar-refractivity contribution is 6.06. The molecule has 0 aliphatic carbocycles. The Morgan fingerprint density at radius 1 is 0.296 bits per heavy atom. The number of rotatable bonds is 7. The number of fused-ring (bicyclic) bond motifs is 2. The highest BCUT2D eigenvalue weighted by Crippen LogP contribution is 2.48. The van der Waals surface area contributed by atoms with Crippen molar-refractivity contribution < 1.29 is 4.74 Å². The van der Waals surface area contributed by atoms with Crippen LogP contribution in [0.3, 0.4) is 0 Å². The molecule has 9 aromatic carbocycles. The third kappa shape index (κ3) is 5.71. The Balaban J connectivity index is 1.09. The van der Waals surface area contributed by atoms with Gasteiger partial charge in [-0.25, -0.2) is 0 Å². The second kappa shape index (κ2) is 13.4. The monoisotopic (exact) mass is 689 g/mol. The Labute approximate surface area is 315 Å². The summed E-state index contributed by atoms with van der Waals surface area (Å²) in [6.45, 7) is 0. The Morgan fingerprint density at radius 3 is 1.59 bits per heavy atom. The number of ether oxygens (including phenoxy) is 1. The molecule has 0 fully saturated rings. The number of hydrogen-bond acceptors (Lipinski definition) is 2. The summed E-state index contributed by atoms with van der Waals surface area (Å²) in [5.41, 5.74) is 15.1. The first kappa shape index (κ1) is 31.6. The van der Waals surface area contributed by atoms with E-state index in [1.54, 1.807) is 0 Å². The predicted molar refractivity (Wildman–Crippen MR) is 226 cm³/mol. The zero-order chi connectivity index (χ0) is 35.8. The van der Waals surface area contributed by atoms with Crippen molar-refractivity contribution in [3.63, 3.8) is 0 Å². The van der Waals surface area contributed by atoms with Gasteiger partial charge in [-0.2, -0.15) is 0 Å². The van der Waals surface area contributed by atoms with Crippen LogP contribution in [-0.2, 0) is 0 Å². The molecule has 0 radical (unpaired) electrons. The largest absolute Gasteiger partial charge is 0.456 e. The van der Waals surface area contributed by atoms with Gasteiger partial charge in [0.05, 0.1) is 5.69 Å². The van der Waals surface area contributed by atoms with Crippen molar-refractivity contribution in [1.29, 1.82) is 0 Å². The minimum absolute atomic E-state index is 0.891. The highest BCUT2D eigenvalue weighted by Gasteiger charge is 2.22. The lowest BCUT2D eigenvalue weighted by atomic mass is 9.90. The van der Waals surface area contributed by atoms with E-state index in [1.165, 1.54) is 49.9 Å². The molecule has 0 saturated carbocycles. The van der Waals surface area contributed by atoms with Gasteiger partial charge >= 0.3 is 0 Å². The second-order valence-corrected chi connectivity index (χ2v) is 13.7. The van der Waals surface area contributed by atoms with Gasteiger partial charge < -0.3 is 9.64 Å². The van der Waals surface area contributed by atoms with Crippen molar-refractivity contribution in [3.05, 3.63) is 212 Å². The number of hydrogen-bond donors (Lipinski definition) is 0. The maximum atomic E-state index is 6.34. The highest BCUT2D eigenvalue weighted by atomic mass is 16.5. The summed E-state index contributed by atoms with van der Waals surface area (Å²) in [5, 5.41) is 2.32. The van der Waals surface area contributed by atoms with E-state index < -0.39 is 0 Å². The Bertz CT molecular complexity index is 2770. The first-order chi connectivity index (χ1) is 26.8. The van der Waals surface area contributed by atoms with E-state index in [-0.39, 0.29) is 0 Å². The van der Waals surface area contributed by atoms with Crippen molar-refractivity contribution >= 4 is 27.8 Å². The molecule has 1 aliphatic heterocycles. The van der Waals surface area contributed by atoms with Crippen LogP contribution < -0.4 is 9.64 Å². The van der Waals surface area contributed by atoms with Crippen LogP contribution >= 0.6 is 0 Å². The molecule has 10 rings (SSSR count). The van der Waals surface area contributed by atoms with Gasteiger partial charge in [-0.3, -0.25) is 0 Å². The molecular weight excluding hydrogens is 655 g/mol. The van der Waals surface area contributed by atoms with Crippen LogP contribution in [0.4, 0.5) is 17.1 Å². The number of nitrogens with zero attached hydrogens (tertiary/aromatic N) is 1. The summed E-state index contributed by atoms with van der Waals surface area (Å²) in [5.74, 6) is 1.79. The van der Waals surface area contributed by atoms with Crippen molar-refractivity contribution in [2.45, 2.75) is 0 Å². The summed E-state index contributed by atoms with van der Waals surface area (Å²) in [4.78, 5) is 2.39. The van der Waals surface area contributed by atoms with Crippen molar-refractivity contribution in [2.24, 2.45) is 0 Å². The molecule has 1 aliphatic rings. The van der Waals surface area contributed by atoms with Crippen LogP contribution in [0, 0.1) is 0 Å². The Hall–Kier alpha value is -7.16. The van der Waals surface area contributed by atoms with Crippen LogP contribution in [0.25, 0.3) is 66.4 Å². The van der Waals surface area contributed by atoms with E-state index in [0.29, 0.717) is 0 Å². The predicted octanol–water partition coefficient (Wildman–Crippen LogP) is 14.8. The van der Waals surface area contributed by atoms with E-state index in [2.05, 4.69) is 211 Å². The summed E-state index contributed by atoms with van der Waals surface area (Å²) in [6.07, 6.45) is 0. The van der Waals surface area contributed by atoms with Gasteiger partial charge in [-0.15, -0.1) is 0 Å². The van der Waals surface area contributed by atoms with Gasteiger partial charge in [-0.05, 0) is 104 Å². The van der Waals surface area contributed by atoms with Crippen LogP contribution in [0.15, 0.2) is 212 Å². The third-order valence-corrected chi connectivity index (χ3v) is 10.5. The van der Waals surface area contributed by atoms with E-state index in [9.17, 15) is 0 Å². The minimum Gasteiger partial charge on any atom is -0.456 e. The fourth-order valence-corrected chi connectivity index (χ4v) is 7.83. The lowest BCUT2D eigenvalue weighted by Gasteiger charge is -2.28. The molecule has 2 nitrogen and oxygen atoms in total. The third-order valence-electron chi connectivity index (χ3n) is 10.5. The number of para-hydroxylation sites is 2. The zero-order valence-corrected chi connectivity index (χ0v) is 29.6. The van der Waals surface area contributed by atoms with E-state index >= 15 is 0 Å². The van der Waals surface area contributed by atoms with E-state index in [1.807, 2.05) is 6.07 Å². The minimum atomic E-state index is 0.891. The average molecular weight is 690 g/mol. The fourth-order valence-electron chi connectivity index (χ4n) is 7.83. The number of anilines is 3. The van der Waals surface area contributed by atoms with Crippen LogP contribution in [0.1, 0.15) is 0 Å². The van der Waals surface area contributed by atoms with Gasteiger partial charge in [0.1, 0.15) is 11.5 Å². The molecule has 0 spiro atoms. The van der Waals surface area contributed by atoms with Gasteiger partial charge in [0.15, 0.2) is 0 Å². The smallest absolute Gasteiger partial charge is 0.135 e. The fraction of sp³-hybridized carbons (Fsp3) is 0. The van der Waals surface area contributed by atoms with Crippen LogP contribution in [0.2, 0.25) is 0 Å². The lowest BCUT2D eigenvalue weighted by Crippen LogP contribution is -2.11. The molecule has 0 N–H and O–H groups in total. The summed E-state index contributed by atoms with van der Waals surface area (Å²) in [7, 11) is 0. The van der Waals surface area contributed by atoms with Crippen molar-refractivity contribution in [1.82, 2.24) is 0 Å². The van der Waals surface area contributed by atoms with Gasteiger partial charge in [0.2, 0.25) is 0 Å². The maximum Gasteiger partial charge on any atom is 0.135 e. The molecule has 1 heterocycles. The lowest BCUT2D eigenvalue weighted by molar-refractivity contribution is 0.487. The average Bonchev–Trinajstić information content (AvgIpc) is 3.25. The molecule has 2 heteroatoms. The number of benzene rings is 9. The van der Waals surface area contributed by atoms with Crippen LogP contribution in [0.5, 0.6) is 11.5 Å². The molecule has 0 bridgehead atoms.